The second-order valence-corrected chi connectivity index (χ2v) is 6.44. The number of carbonyl (C=O) groups excluding carboxylic acids is 1. The summed E-state index contributed by atoms with van der Waals surface area (Å²) in [6, 6.07) is 7.15. The molecule has 1 amide bonds. The highest BCUT2D eigenvalue weighted by Crippen LogP contribution is 2.21. The van der Waals surface area contributed by atoms with Crippen molar-refractivity contribution < 1.29 is 9.90 Å². The normalized spacial score (nSPS) is 13.4. The van der Waals surface area contributed by atoms with Gasteiger partial charge < -0.3 is 15.4 Å². The molecule has 20 heavy (non-hydrogen) atoms. The van der Waals surface area contributed by atoms with Gasteiger partial charge in [0.1, 0.15) is 5.69 Å². The Hall–Kier alpha value is -1.52. The Labute approximate surface area is 123 Å². The SMILES string of the molecule is CC(C)(C)C(O)CNC(=O)c1cc2cc(Cl)ccc2[nH]1. The van der Waals surface area contributed by atoms with Gasteiger partial charge in [-0.25, -0.2) is 0 Å². The van der Waals surface area contributed by atoms with Crippen molar-refractivity contribution in [1.29, 1.82) is 0 Å². The number of aliphatic hydroxyl groups excluding tert-OH is 1. The molecule has 0 radical (unpaired) electrons. The third-order valence-electron chi connectivity index (χ3n) is 3.28. The summed E-state index contributed by atoms with van der Waals surface area (Å²) in [5.41, 5.74) is 1.06. The lowest BCUT2D eigenvalue weighted by Gasteiger charge is -2.25. The minimum absolute atomic E-state index is 0.221. The molecule has 5 heteroatoms. The van der Waals surface area contributed by atoms with Crippen LogP contribution in [0.25, 0.3) is 10.9 Å². The number of carbonyl (C=O) groups is 1. The first-order valence-corrected chi connectivity index (χ1v) is 6.90. The molecule has 1 atom stereocenters. The second-order valence-electron chi connectivity index (χ2n) is 6.01. The molecule has 1 unspecified atom stereocenters. The molecule has 0 aliphatic rings. The van der Waals surface area contributed by atoms with Crippen LogP contribution in [0.2, 0.25) is 5.02 Å². The van der Waals surface area contributed by atoms with Crippen molar-refractivity contribution in [2.75, 3.05) is 6.54 Å². The minimum Gasteiger partial charge on any atom is -0.391 e. The second kappa shape index (κ2) is 5.46. The molecular formula is C15H19ClN2O2. The number of halogens is 1. The first kappa shape index (κ1) is 14.9. The van der Waals surface area contributed by atoms with Crippen LogP contribution in [0.4, 0.5) is 0 Å². The van der Waals surface area contributed by atoms with Gasteiger partial charge in [-0.2, -0.15) is 0 Å². The van der Waals surface area contributed by atoms with E-state index in [1.807, 2.05) is 26.8 Å². The van der Waals surface area contributed by atoms with E-state index < -0.39 is 6.10 Å². The van der Waals surface area contributed by atoms with E-state index >= 15 is 0 Å². The number of aromatic amines is 1. The zero-order valence-electron chi connectivity index (χ0n) is 11.8. The first-order valence-electron chi connectivity index (χ1n) is 6.52. The number of H-pyrrole nitrogens is 1. The molecule has 0 aliphatic carbocycles. The number of amides is 1. The van der Waals surface area contributed by atoms with Crippen molar-refractivity contribution in [3.8, 4) is 0 Å². The summed E-state index contributed by atoms with van der Waals surface area (Å²) >= 11 is 5.91. The highest BCUT2D eigenvalue weighted by atomic mass is 35.5. The van der Waals surface area contributed by atoms with Crippen LogP contribution in [0.5, 0.6) is 0 Å². The van der Waals surface area contributed by atoms with Crippen LogP contribution in [0.15, 0.2) is 24.3 Å². The Morgan fingerprint density at radius 1 is 1.40 bits per heavy atom. The Bertz CT molecular complexity index is 628. The summed E-state index contributed by atoms with van der Waals surface area (Å²) in [5, 5.41) is 14.2. The van der Waals surface area contributed by atoms with Gasteiger partial charge in [-0.1, -0.05) is 32.4 Å². The molecule has 0 spiro atoms. The average molecular weight is 295 g/mol. The zero-order chi connectivity index (χ0) is 14.9. The maximum absolute atomic E-state index is 12.0. The number of hydrogen-bond donors (Lipinski definition) is 3. The Kier molecular flexibility index (Phi) is 4.06. The summed E-state index contributed by atoms with van der Waals surface area (Å²) in [5.74, 6) is -0.236. The van der Waals surface area contributed by atoms with Crippen molar-refractivity contribution in [3.63, 3.8) is 0 Å². The minimum atomic E-state index is -0.592. The van der Waals surface area contributed by atoms with E-state index in [1.165, 1.54) is 0 Å². The van der Waals surface area contributed by atoms with Crippen molar-refractivity contribution in [1.82, 2.24) is 10.3 Å². The Morgan fingerprint density at radius 2 is 2.10 bits per heavy atom. The fourth-order valence-corrected chi connectivity index (χ4v) is 2.00. The molecule has 3 N–H and O–H groups in total. The van der Waals surface area contributed by atoms with Crippen molar-refractivity contribution in [2.45, 2.75) is 26.9 Å². The van der Waals surface area contributed by atoms with E-state index in [2.05, 4.69) is 10.3 Å². The van der Waals surface area contributed by atoms with E-state index in [1.54, 1.807) is 18.2 Å². The topological polar surface area (TPSA) is 65.1 Å². The fourth-order valence-electron chi connectivity index (χ4n) is 1.82. The molecule has 0 saturated carbocycles. The lowest BCUT2D eigenvalue weighted by molar-refractivity contribution is 0.0585. The predicted molar refractivity (Wildman–Crippen MR) is 81.1 cm³/mol. The van der Waals surface area contributed by atoms with Crippen molar-refractivity contribution in [3.05, 3.63) is 35.0 Å². The average Bonchev–Trinajstić information content (AvgIpc) is 2.77. The smallest absolute Gasteiger partial charge is 0.267 e. The van der Waals surface area contributed by atoms with Gasteiger partial charge in [0.05, 0.1) is 6.10 Å². The summed E-state index contributed by atoms with van der Waals surface area (Å²) in [6.45, 7) is 6.00. The van der Waals surface area contributed by atoms with Gasteiger partial charge in [-0.05, 0) is 29.7 Å². The number of aliphatic hydroxyl groups is 1. The third kappa shape index (κ3) is 3.32. The van der Waals surface area contributed by atoms with Gasteiger partial charge in [0, 0.05) is 22.5 Å². The number of rotatable bonds is 3. The number of fused-ring (bicyclic) bond motifs is 1. The van der Waals surface area contributed by atoms with Crippen LogP contribution in [0.3, 0.4) is 0 Å². The van der Waals surface area contributed by atoms with Crippen LogP contribution < -0.4 is 5.32 Å². The lowest BCUT2D eigenvalue weighted by Crippen LogP contribution is -2.39. The standard InChI is InChI=1S/C15H19ClN2O2/c1-15(2,3)13(19)8-17-14(20)12-7-9-6-10(16)4-5-11(9)18-12/h4-7,13,18-19H,8H2,1-3H3,(H,17,20). The zero-order valence-corrected chi connectivity index (χ0v) is 12.6. The highest BCUT2D eigenvalue weighted by Gasteiger charge is 2.22. The van der Waals surface area contributed by atoms with Gasteiger partial charge in [0.25, 0.3) is 5.91 Å². The number of hydrogen-bond acceptors (Lipinski definition) is 2. The lowest BCUT2D eigenvalue weighted by atomic mass is 9.89. The van der Waals surface area contributed by atoms with Crippen LogP contribution in [-0.4, -0.2) is 28.6 Å². The number of benzene rings is 1. The Morgan fingerprint density at radius 3 is 2.75 bits per heavy atom. The van der Waals surface area contributed by atoms with E-state index in [9.17, 15) is 9.90 Å². The summed E-state index contributed by atoms with van der Waals surface area (Å²) in [4.78, 5) is 15.1. The maximum Gasteiger partial charge on any atom is 0.267 e. The summed E-state index contributed by atoms with van der Waals surface area (Å²) in [7, 11) is 0. The predicted octanol–water partition coefficient (Wildman–Crippen LogP) is 2.96. The monoisotopic (exact) mass is 294 g/mol. The van der Waals surface area contributed by atoms with Crippen LogP contribution >= 0.6 is 11.6 Å². The molecule has 1 aromatic heterocycles. The summed E-state index contributed by atoms with van der Waals surface area (Å²) in [6.07, 6.45) is -0.592. The van der Waals surface area contributed by atoms with Gasteiger partial charge in [0.15, 0.2) is 0 Å². The largest absolute Gasteiger partial charge is 0.391 e. The molecule has 0 saturated heterocycles. The van der Waals surface area contributed by atoms with Crippen LogP contribution in [0, 0.1) is 5.41 Å². The quantitative estimate of drug-likeness (QED) is 0.815. The fraction of sp³-hybridized carbons (Fsp3) is 0.400. The molecule has 1 heterocycles. The Balaban J connectivity index is 2.08. The number of aromatic nitrogens is 1. The molecule has 4 nitrogen and oxygen atoms in total. The van der Waals surface area contributed by atoms with E-state index in [4.69, 9.17) is 11.6 Å². The molecule has 0 bridgehead atoms. The van der Waals surface area contributed by atoms with Crippen molar-refractivity contribution in [2.24, 2.45) is 5.41 Å². The molecule has 1 aromatic carbocycles. The van der Waals surface area contributed by atoms with Crippen molar-refractivity contribution >= 4 is 28.4 Å². The van der Waals surface area contributed by atoms with E-state index in [0.29, 0.717) is 10.7 Å². The molecule has 2 rings (SSSR count). The van der Waals surface area contributed by atoms with E-state index in [0.717, 1.165) is 10.9 Å². The maximum atomic E-state index is 12.0. The third-order valence-corrected chi connectivity index (χ3v) is 3.52. The molecule has 2 aromatic rings. The van der Waals surface area contributed by atoms with Crippen LogP contribution in [0.1, 0.15) is 31.3 Å². The van der Waals surface area contributed by atoms with Crippen LogP contribution in [-0.2, 0) is 0 Å². The molecule has 108 valence electrons. The first-order chi connectivity index (χ1) is 9.27. The van der Waals surface area contributed by atoms with Gasteiger partial charge in [-0.3, -0.25) is 4.79 Å². The van der Waals surface area contributed by atoms with Gasteiger partial charge >= 0.3 is 0 Å². The highest BCUT2D eigenvalue weighted by molar-refractivity contribution is 6.31. The van der Waals surface area contributed by atoms with Gasteiger partial charge in [-0.15, -0.1) is 0 Å². The summed E-state index contributed by atoms with van der Waals surface area (Å²) < 4.78 is 0. The van der Waals surface area contributed by atoms with Gasteiger partial charge in [0.2, 0.25) is 0 Å². The number of nitrogens with one attached hydrogen (secondary N) is 2. The van der Waals surface area contributed by atoms with E-state index in [-0.39, 0.29) is 17.9 Å². The molecular weight excluding hydrogens is 276 g/mol. The molecule has 0 aliphatic heterocycles. The molecule has 0 fully saturated rings.